The Morgan fingerprint density at radius 2 is 1.80 bits per heavy atom. The van der Waals surface area contributed by atoms with Crippen LogP contribution in [0.3, 0.4) is 0 Å². The van der Waals surface area contributed by atoms with Gasteiger partial charge >= 0.3 is 12.1 Å². The Morgan fingerprint density at radius 3 is 2.32 bits per heavy atom. The molecule has 0 bridgehead atoms. The molecular formula is C17H16F3NO4. The summed E-state index contributed by atoms with van der Waals surface area (Å²) in [5, 5.41) is 11.3. The third-order valence-corrected chi connectivity index (χ3v) is 3.58. The van der Waals surface area contributed by atoms with Gasteiger partial charge in [0.05, 0.1) is 12.1 Å². The Balaban J connectivity index is 1.88. The average Bonchev–Trinajstić information content (AvgIpc) is 3.01. The van der Waals surface area contributed by atoms with Crippen LogP contribution >= 0.6 is 0 Å². The lowest BCUT2D eigenvalue weighted by Crippen LogP contribution is -2.29. The number of carbonyl (C=O) groups is 2. The summed E-state index contributed by atoms with van der Waals surface area (Å²) in [6.07, 6.45) is -4.11. The van der Waals surface area contributed by atoms with E-state index in [1.165, 1.54) is 24.3 Å². The van der Waals surface area contributed by atoms with E-state index in [0.717, 1.165) is 12.1 Å². The molecule has 0 fully saturated rings. The predicted octanol–water partition coefficient (Wildman–Crippen LogP) is 3.49. The van der Waals surface area contributed by atoms with Crippen molar-refractivity contribution in [1.82, 2.24) is 5.32 Å². The Morgan fingerprint density at radius 1 is 1.16 bits per heavy atom. The van der Waals surface area contributed by atoms with Gasteiger partial charge in [-0.15, -0.1) is 0 Å². The highest BCUT2D eigenvalue weighted by molar-refractivity contribution is 5.84. The number of benzene rings is 1. The van der Waals surface area contributed by atoms with Gasteiger partial charge in [-0.3, -0.25) is 4.79 Å². The largest absolute Gasteiger partial charge is 0.475 e. The number of hydrogen-bond acceptors (Lipinski definition) is 3. The molecular weight excluding hydrogens is 339 g/mol. The molecule has 0 aliphatic carbocycles. The van der Waals surface area contributed by atoms with Crippen LogP contribution in [0, 0.1) is 5.92 Å². The standard InChI is InChI=1S/C17H16F3NO4/c1-10(8-11-2-4-12(5-3-11)17(18,19)20)15(22)21-9-13-6-7-14(25-13)16(23)24/h2-7,10H,8-9H2,1H3,(H,21,22)(H,23,24). The summed E-state index contributed by atoms with van der Waals surface area (Å²) >= 11 is 0. The molecule has 2 N–H and O–H groups in total. The van der Waals surface area contributed by atoms with Crippen molar-refractivity contribution in [2.45, 2.75) is 26.1 Å². The molecule has 8 heteroatoms. The number of halogens is 3. The number of amides is 1. The van der Waals surface area contributed by atoms with Crippen molar-refractivity contribution < 1.29 is 32.3 Å². The summed E-state index contributed by atoms with van der Waals surface area (Å²) in [5.41, 5.74) is -0.123. The molecule has 1 heterocycles. The Kier molecular flexibility index (Phi) is 5.51. The first-order valence-corrected chi connectivity index (χ1v) is 7.42. The van der Waals surface area contributed by atoms with Crippen molar-refractivity contribution in [1.29, 1.82) is 0 Å². The molecule has 0 radical (unpaired) electrons. The Bertz CT molecular complexity index is 750. The highest BCUT2D eigenvalue weighted by atomic mass is 19.4. The number of hydrogen-bond donors (Lipinski definition) is 2. The van der Waals surface area contributed by atoms with Gasteiger partial charge in [0.25, 0.3) is 0 Å². The summed E-state index contributed by atoms with van der Waals surface area (Å²) in [7, 11) is 0. The first-order valence-electron chi connectivity index (χ1n) is 7.42. The predicted molar refractivity (Wildman–Crippen MR) is 81.8 cm³/mol. The fourth-order valence-electron chi connectivity index (χ4n) is 2.21. The van der Waals surface area contributed by atoms with Crippen LogP contribution in [0.2, 0.25) is 0 Å². The quantitative estimate of drug-likeness (QED) is 0.831. The lowest BCUT2D eigenvalue weighted by molar-refractivity contribution is -0.137. The number of alkyl halides is 3. The average molecular weight is 355 g/mol. The summed E-state index contributed by atoms with van der Waals surface area (Å²) in [6, 6.07) is 7.39. The second-order valence-electron chi connectivity index (χ2n) is 5.59. The second-order valence-corrected chi connectivity index (χ2v) is 5.59. The fourth-order valence-corrected chi connectivity index (χ4v) is 2.21. The monoisotopic (exact) mass is 355 g/mol. The molecule has 1 aromatic carbocycles. The van der Waals surface area contributed by atoms with Crippen molar-refractivity contribution in [3.8, 4) is 0 Å². The van der Waals surface area contributed by atoms with Gasteiger partial charge in [0, 0.05) is 5.92 Å². The molecule has 5 nitrogen and oxygen atoms in total. The summed E-state index contributed by atoms with van der Waals surface area (Å²) in [6.45, 7) is 1.68. The Labute approximate surface area is 141 Å². The van der Waals surface area contributed by atoms with Crippen LogP contribution in [0.5, 0.6) is 0 Å². The highest BCUT2D eigenvalue weighted by Crippen LogP contribution is 2.29. The molecule has 0 saturated carbocycles. The van der Waals surface area contributed by atoms with Gasteiger partial charge in [-0.2, -0.15) is 13.2 Å². The fraction of sp³-hybridized carbons (Fsp3) is 0.294. The second kappa shape index (κ2) is 7.42. The van der Waals surface area contributed by atoms with E-state index in [1.54, 1.807) is 6.92 Å². The van der Waals surface area contributed by atoms with Crippen LogP contribution in [-0.2, 0) is 23.9 Å². The van der Waals surface area contributed by atoms with Crippen molar-refractivity contribution in [3.05, 3.63) is 59.0 Å². The van der Waals surface area contributed by atoms with Gasteiger partial charge in [0.2, 0.25) is 11.7 Å². The molecule has 2 rings (SSSR count). The third-order valence-electron chi connectivity index (χ3n) is 3.58. The minimum atomic E-state index is -4.39. The number of nitrogens with one attached hydrogen (secondary N) is 1. The maximum atomic E-state index is 12.5. The highest BCUT2D eigenvalue weighted by Gasteiger charge is 2.30. The zero-order chi connectivity index (χ0) is 18.6. The van der Waals surface area contributed by atoms with E-state index < -0.39 is 23.6 Å². The van der Waals surface area contributed by atoms with E-state index in [1.807, 2.05) is 0 Å². The van der Waals surface area contributed by atoms with Crippen LogP contribution in [0.15, 0.2) is 40.8 Å². The molecule has 1 amide bonds. The number of furan rings is 1. The maximum Gasteiger partial charge on any atom is 0.416 e. The molecule has 2 aromatic rings. The van der Waals surface area contributed by atoms with Crippen LogP contribution in [0.25, 0.3) is 0 Å². The van der Waals surface area contributed by atoms with Crippen LogP contribution in [0.1, 0.15) is 34.4 Å². The molecule has 0 saturated heterocycles. The van der Waals surface area contributed by atoms with E-state index in [-0.39, 0.29) is 24.6 Å². The summed E-state index contributed by atoms with van der Waals surface area (Å²) < 4.78 is 42.6. The molecule has 0 aliphatic rings. The van der Waals surface area contributed by atoms with E-state index in [0.29, 0.717) is 11.3 Å². The molecule has 1 atom stereocenters. The summed E-state index contributed by atoms with van der Waals surface area (Å²) in [4.78, 5) is 22.7. The lowest BCUT2D eigenvalue weighted by atomic mass is 9.99. The smallest absolute Gasteiger partial charge is 0.416 e. The van der Waals surface area contributed by atoms with Gasteiger partial charge in [0.1, 0.15) is 5.76 Å². The summed E-state index contributed by atoms with van der Waals surface area (Å²) in [5.74, 6) is -1.90. The number of aromatic carboxylic acids is 1. The normalized spacial score (nSPS) is 12.6. The van der Waals surface area contributed by atoms with Crippen LogP contribution in [-0.4, -0.2) is 17.0 Å². The molecule has 1 aromatic heterocycles. The van der Waals surface area contributed by atoms with E-state index in [4.69, 9.17) is 9.52 Å². The first-order chi connectivity index (χ1) is 11.7. The number of carboxylic acids is 1. The number of carbonyl (C=O) groups excluding carboxylic acids is 1. The van der Waals surface area contributed by atoms with Gasteiger partial charge in [0.15, 0.2) is 0 Å². The van der Waals surface area contributed by atoms with Gasteiger partial charge in [-0.05, 0) is 36.2 Å². The lowest BCUT2D eigenvalue weighted by Gasteiger charge is -2.12. The molecule has 0 aliphatic heterocycles. The van der Waals surface area contributed by atoms with Crippen molar-refractivity contribution in [2.24, 2.45) is 5.92 Å². The van der Waals surface area contributed by atoms with E-state index >= 15 is 0 Å². The van der Waals surface area contributed by atoms with Crippen LogP contribution < -0.4 is 5.32 Å². The zero-order valence-electron chi connectivity index (χ0n) is 13.3. The van der Waals surface area contributed by atoms with E-state index in [9.17, 15) is 22.8 Å². The van der Waals surface area contributed by atoms with Crippen molar-refractivity contribution in [2.75, 3.05) is 0 Å². The van der Waals surface area contributed by atoms with Gasteiger partial charge < -0.3 is 14.8 Å². The molecule has 134 valence electrons. The Hall–Kier alpha value is -2.77. The van der Waals surface area contributed by atoms with E-state index in [2.05, 4.69) is 5.32 Å². The number of carboxylic acid groups (broad SMARTS) is 1. The minimum absolute atomic E-state index is 0.0312. The minimum Gasteiger partial charge on any atom is -0.475 e. The topological polar surface area (TPSA) is 79.5 Å². The number of rotatable bonds is 6. The van der Waals surface area contributed by atoms with Gasteiger partial charge in [-0.1, -0.05) is 19.1 Å². The van der Waals surface area contributed by atoms with Crippen molar-refractivity contribution in [3.63, 3.8) is 0 Å². The van der Waals surface area contributed by atoms with Crippen molar-refractivity contribution >= 4 is 11.9 Å². The first kappa shape index (κ1) is 18.6. The SMILES string of the molecule is CC(Cc1ccc(C(F)(F)F)cc1)C(=O)NCc1ccc(C(=O)O)o1. The molecule has 1 unspecified atom stereocenters. The maximum absolute atomic E-state index is 12.5. The van der Waals surface area contributed by atoms with Gasteiger partial charge in [-0.25, -0.2) is 4.79 Å². The third kappa shape index (κ3) is 5.10. The van der Waals surface area contributed by atoms with Crippen LogP contribution in [0.4, 0.5) is 13.2 Å². The molecule has 0 spiro atoms. The zero-order valence-corrected chi connectivity index (χ0v) is 13.3. The molecule has 25 heavy (non-hydrogen) atoms.